The van der Waals surface area contributed by atoms with Gasteiger partial charge in [0.2, 0.25) is 0 Å². The van der Waals surface area contributed by atoms with Gasteiger partial charge < -0.3 is 14.7 Å². The summed E-state index contributed by atoms with van der Waals surface area (Å²) in [5.41, 5.74) is 14.6. The molecule has 0 unspecified atom stereocenters. The van der Waals surface area contributed by atoms with Crippen LogP contribution in [0.15, 0.2) is 255 Å². The fourth-order valence-corrected chi connectivity index (χ4v) is 17.2. The molecule has 3 heterocycles. The lowest BCUT2D eigenvalue weighted by Gasteiger charge is -2.51. The lowest BCUT2D eigenvalue weighted by molar-refractivity contribution is 1.23. The fourth-order valence-electron chi connectivity index (χ4n) is 12.0. The van der Waals surface area contributed by atoms with E-state index in [1.807, 2.05) is 0 Å². The molecule has 0 aromatic heterocycles. The van der Waals surface area contributed by atoms with Gasteiger partial charge in [-0.05, 0) is 131 Å². The molecule has 0 N–H and O–H groups in total. The summed E-state index contributed by atoms with van der Waals surface area (Å²) in [5, 5.41) is 10.6. The molecule has 0 atom stereocenters. The van der Waals surface area contributed by atoms with Crippen molar-refractivity contribution in [3.8, 4) is 0 Å². The summed E-state index contributed by atoms with van der Waals surface area (Å²) in [5.74, 6) is 0. The summed E-state index contributed by atoms with van der Waals surface area (Å²) in [4.78, 5) is 7.63. The van der Waals surface area contributed by atoms with Crippen molar-refractivity contribution in [3.63, 3.8) is 0 Å². The van der Waals surface area contributed by atoms with Crippen molar-refractivity contribution in [2.45, 2.75) is 0 Å². The molecule has 14 rings (SSSR count). The summed E-state index contributed by atoms with van der Waals surface area (Å²) in [6, 6.07) is 95.5. The number of nitrogens with zero attached hydrogens (tertiary/aromatic N) is 3. The molecule has 0 saturated heterocycles. The van der Waals surface area contributed by atoms with Crippen molar-refractivity contribution in [2.24, 2.45) is 0 Å². The highest BCUT2D eigenvalue weighted by atomic mass is 28.3. The van der Waals surface area contributed by atoms with E-state index >= 15 is 0 Å². The van der Waals surface area contributed by atoms with Gasteiger partial charge in [0.1, 0.15) is 0 Å². The van der Waals surface area contributed by atoms with Crippen molar-refractivity contribution in [1.82, 2.24) is 0 Å². The highest BCUT2D eigenvalue weighted by Gasteiger charge is 2.56. The van der Waals surface area contributed by atoms with E-state index in [1.165, 1.54) is 81.4 Å². The maximum Gasteiger partial charge on any atom is 0.251 e. The number of para-hydroxylation sites is 2. The normalized spacial score (nSPS) is 13.7. The number of rotatable bonds is 7. The smallest absolute Gasteiger partial charge is 0.251 e. The Morgan fingerprint density at radius 3 is 1.15 bits per heavy atom. The maximum absolute atomic E-state index is 2.98. The van der Waals surface area contributed by atoms with Crippen LogP contribution >= 0.6 is 0 Å². The van der Waals surface area contributed by atoms with Gasteiger partial charge in [0.25, 0.3) is 6.71 Å². The van der Waals surface area contributed by atoms with Gasteiger partial charge in [-0.2, -0.15) is 0 Å². The van der Waals surface area contributed by atoms with Gasteiger partial charge >= 0.3 is 0 Å². The third kappa shape index (κ3) is 5.53. The first-order chi connectivity index (χ1) is 33.3. The molecule has 3 nitrogen and oxygen atoms in total. The monoisotopic (exact) mass is 867 g/mol. The molecule has 67 heavy (non-hydrogen) atoms. The molecule has 11 aromatic carbocycles. The van der Waals surface area contributed by atoms with Gasteiger partial charge in [0.05, 0.1) is 5.69 Å². The van der Waals surface area contributed by atoms with Gasteiger partial charge in [-0.1, -0.05) is 182 Å². The molecule has 0 bridgehead atoms. The average Bonchev–Trinajstić information content (AvgIpc) is 3.40. The molecule has 11 aromatic rings. The highest BCUT2D eigenvalue weighted by Crippen LogP contribution is 2.49. The first-order valence-corrected chi connectivity index (χ1v) is 25.3. The Morgan fingerprint density at radius 1 is 0.299 bits per heavy atom. The topological polar surface area (TPSA) is 9.72 Å². The van der Waals surface area contributed by atoms with Gasteiger partial charge in [0, 0.05) is 45.5 Å². The lowest BCUT2D eigenvalue weighted by atomic mass is 9.33. The zero-order chi connectivity index (χ0) is 44.1. The van der Waals surface area contributed by atoms with E-state index in [2.05, 4.69) is 269 Å². The van der Waals surface area contributed by atoms with Gasteiger partial charge in [-0.25, -0.2) is 0 Å². The predicted molar refractivity (Wildman–Crippen MR) is 287 cm³/mol. The Morgan fingerprint density at radius 2 is 0.701 bits per heavy atom. The Hall–Kier alpha value is -8.38. The largest absolute Gasteiger partial charge is 0.311 e. The van der Waals surface area contributed by atoms with E-state index in [4.69, 9.17) is 0 Å². The number of hydrogen-bond donors (Lipinski definition) is 0. The van der Waals surface area contributed by atoms with Gasteiger partial charge in [0.15, 0.2) is 8.07 Å². The molecule has 0 amide bonds. The minimum absolute atomic E-state index is 0.0141. The third-order valence-corrected chi connectivity index (χ3v) is 19.5. The van der Waals surface area contributed by atoms with Crippen LogP contribution in [0.1, 0.15) is 0 Å². The summed E-state index contributed by atoms with van der Waals surface area (Å²) in [7, 11) is -2.98. The van der Waals surface area contributed by atoms with Crippen molar-refractivity contribution >= 4 is 125 Å². The molecular formula is C62H42BN3Si. The zero-order valence-corrected chi connectivity index (χ0v) is 37.7. The van der Waals surface area contributed by atoms with Crippen LogP contribution < -0.4 is 51.8 Å². The number of hydrogen-bond acceptors (Lipinski definition) is 3. The Kier molecular flexibility index (Phi) is 8.40. The van der Waals surface area contributed by atoms with E-state index < -0.39 is 8.07 Å². The summed E-state index contributed by atoms with van der Waals surface area (Å²) in [6.45, 7) is -0.0141. The van der Waals surface area contributed by atoms with Crippen LogP contribution in [-0.4, -0.2) is 14.8 Å². The fraction of sp³-hybridized carbons (Fsp3) is 0. The van der Waals surface area contributed by atoms with E-state index in [0.717, 1.165) is 28.4 Å². The highest BCUT2D eigenvalue weighted by molar-refractivity contribution is 7.27. The van der Waals surface area contributed by atoms with Crippen LogP contribution in [0.25, 0.3) is 21.5 Å². The zero-order valence-electron chi connectivity index (χ0n) is 36.7. The molecule has 0 saturated carbocycles. The van der Waals surface area contributed by atoms with E-state index in [1.54, 1.807) is 0 Å². The lowest BCUT2D eigenvalue weighted by Crippen LogP contribution is -2.88. The number of anilines is 9. The summed E-state index contributed by atoms with van der Waals surface area (Å²) >= 11 is 0. The summed E-state index contributed by atoms with van der Waals surface area (Å²) in [6.07, 6.45) is 0. The van der Waals surface area contributed by atoms with Gasteiger partial charge in [-0.15, -0.1) is 0 Å². The number of fused-ring (bicyclic) bond motifs is 2. The van der Waals surface area contributed by atoms with Crippen LogP contribution in [0, 0.1) is 0 Å². The number of benzene rings is 11. The molecule has 0 fully saturated rings. The molecular weight excluding hydrogens is 826 g/mol. The second-order valence-electron chi connectivity index (χ2n) is 18.0. The van der Waals surface area contributed by atoms with Crippen LogP contribution in [0.4, 0.5) is 51.2 Å². The van der Waals surface area contributed by atoms with Crippen molar-refractivity contribution in [2.75, 3.05) is 14.7 Å². The van der Waals surface area contributed by atoms with Crippen LogP contribution in [0.2, 0.25) is 0 Å². The molecule has 0 radical (unpaired) electrons. The minimum atomic E-state index is -2.98. The quantitative estimate of drug-likeness (QED) is 0.148. The first kappa shape index (κ1) is 37.9. The van der Waals surface area contributed by atoms with Crippen molar-refractivity contribution < 1.29 is 0 Å². The molecule has 3 aliphatic heterocycles. The standard InChI is InChI=1S/C62H42BN3Si/c1-5-23-47(24-6-1)64(48-25-7-2-8-26-48)51-41-56-60-57(42-51)66(50-38-36-44-20-14-16-22-46(44)40-50)55-32-18-34-59-62(55)63(60)61-54(65(56)49-37-35-43-19-13-15-21-45(43)39-49)31-17-33-58(61)67(59,52-27-9-3-10-28-52)53-29-11-4-12-30-53/h1-42H. The molecule has 0 spiro atoms. The third-order valence-electron chi connectivity index (χ3n) is 14.6. The van der Waals surface area contributed by atoms with Gasteiger partial charge in [-0.3, -0.25) is 0 Å². The van der Waals surface area contributed by atoms with Crippen LogP contribution in [-0.2, 0) is 0 Å². The molecule has 3 aliphatic rings. The van der Waals surface area contributed by atoms with E-state index in [9.17, 15) is 0 Å². The molecule has 312 valence electrons. The first-order valence-electron chi connectivity index (χ1n) is 23.3. The SMILES string of the molecule is c1ccc(N(c2ccccc2)c2cc3c4c(c2)N(c2ccc5ccccc5c2)c2cccc5c2B4c2c(cccc2[Si]5(c2ccccc2)c2ccccc2)N3c2ccc3ccccc3c2)cc1. The predicted octanol–water partition coefficient (Wildman–Crippen LogP) is 11.2. The molecule has 5 heteroatoms. The van der Waals surface area contributed by atoms with Crippen LogP contribution in [0.5, 0.6) is 0 Å². The Balaban J connectivity index is 1.17. The van der Waals surface area contributed by atoms with E-state index in [0.29, 0.717) is 0 Å². The van der Waals surface area contributed by atoms with Crippen molar-refractivity contribution in [1.29, 1.82) is 0 Å². The van der Waals surface area contributed by atoms with E-state index in [-0.39, 0.29) is 6.71 Å². The maximum atomic E-state index is 2.60. The van der Waals surface area contributed by atoms with Crippen LogP contribution in [0.3, 0.4) is 0 Å². The Bertz CT molecular complexity index is 3490. The average molecular weight is 868 g/mol. The van der Waals surface area contributed by atoms with Crippen molar-refractivity contribution in [3.05, 3.63) is 255 Å². The molecule has 0 aliphatic carbocycles. The minimum Gasteiger partial charge on any atom is -0.311 e. The summed E-state index contributed by atoms with van der Waals surface area (Å²) < 4.78 is 0. The second-order valence-corrected chi connectivity index (χ2v) is 21.8. The second kappa shape index (κ2) is 14.8. The Labute approximate surface area is 392 Å².